The Morgan fingerprint density at radius 3 is 2.11 bits per heavy atom. The lowest BCUT2D eigenvalue weighted by molar-refractivity contribution is 0.0683. The maximum absolute atomic E-state index is 12.2. The van der Waals surface area contributed by atoms with Gasteiger partial charge < -0.3 is 14.2 Å². The Bertz CT molecular complexity index is 538. The van der Waals surface area contributed by atoms with E-state index < -0.39 is 5.60 Å². The topological polar surface area (TPSA) is 44.8 Å². The zero-order chi connectivity index (χ0) is 13.7. The van der Waals surface area contributed by atoms with E-state index >= 15 is 0 Å². The first kappa shape index (κ1) is 13.3. The van der Waals surface area contributed by atoms with E-state index in [0.29, 0.717) is 0 Å². The van der Waals surface area contributed by atoms with Crippen LogP contribution in [-0.2, 0) is 0 Å². The second kappa shape index (κ2) is 4.21. The summed E-state index contributed by atoms with van der Waals surface area (Å²) in [5, 5.41) is 0.343. The fourth-order valence-electron chi connectivity index (χ4n) is 1.90. The quantitative estimate of drug-likeness (QED) is 0.838. The average Bonchev–Trinajstić information content (AvgIpc) is 2.54. The average molecular weight is 291 g/mol. The summed E-state index contributed by atoms with van der Waals surface area (Å²) in [4.78, 5) is 12.2. The molecule has 0 saturated heterocycles. The zero-order valence-electron chi connectivity index (χ0n) is 10.4. The zero-order valence-corrected chi connectivity index (χ0v) is 11.9. The van der Waals surface area contributed by atoms with Crippen LogP contribution >= 0.6 is 23.2 Å². The third kappa shape index (κ3) is 1.63. The van der Waals surface area contributed by atoms with Crippen molar-refractivity contribution in [2.24, 2.45) is 0 Å². The minimum absolute atomic E-state index is 0.165. The molecular weight excluding hydrogens is 279 g/mol. The fourth-order valence-corrected chi connectivity index (χ4v) is 2.60. The number of rotatable bonds is 2. The number of carbonyl (C=O) groups excluding carboxylic acids is 1. The van der Waals surface area contributed by atoms with E-state index in [1.807, 2.05) is 0 Å². The largest absolute Gasteiger partial charge is 0.494 e. The van der Waals surface area contributed by atoms with Crippen molar-refractivity contribution in [2.75, 3.05) is 14.2 Å². The fraction of sp³-hybridized carbons (Fsp3) is 0.417. The summed E-state index contributed by atoms with van der Waals surface area (Å²) in [6.07, 6.45) is 0. The van der Waals surface area contributed by atoms with Crippen molar-refractivity contribution >= 4 is 29.0 Å². The van der Waals surface area contributed by atoms with Crippen molar-refractivity contribution in [1.82, 2.24) is 0 Å². The van der Waals surface area contributed by atoms with Crippen LogP contribution < -0.4 is 14.2 Å². The molecule has 0 atom stereocenters. The predicted molar refractivity (Wildman–Crippen MR) is 68.6 cm³/mol. The summed E-state index contributed by atoms with van der Waals surface area (Å²) >= 11 is 12.3. The Kier molecular flexibility index (Phi) is 3.11. The van der Waals surface area contributed by atoms with Gasteiger partial charge in [0.05, 0.1) is 14.2 Å². The molecule has 0 fully saturated rings. The van der Waals surface area contributed by atoms with Crippen LogP contribution in [0.3, 0.4) is 0 Å². The summed E-state index contributed by atoms with van der Waals surface area (Å²) in [6.45, 7) is 3.32. The molecule has 1 aromatic rings. The molecule has 0 radical (unpaired) electrons. The highest BCUT2D eigenvalue weighted by molar-refractivity contribution is 6.40. The molecule has 1 heterocycles. The van der Waals surface area contributed by atoms with Crippen LogP contribution in [0.1, 0.15) is 24.2 Å². The lowest BCUT2D eigenvalue weighted by Gasteiger charge is -2.16. The van der Waals surface area contributed by atoms with Crippen molar-refractivity contribution in [1.29, 1.82) is 0 Å². The third-order valence-electron chi connectivity index (χ3n) is 2.79. The number of hydrogen-bond donors (Lipinski definition) is 0. The third-order valence-corrected chi connectivity index (χ3v) is 3.48. The normalized spacial score (nSPS) is 16.2. The van der Waals surface area contributed by atoms with Gasteiger partial charge in [0.15, 0.2) is 22.8 Å². The van der Waals surface area contributed by atoms with Gasteiger partial charge in [0.1, 0.15) is 15.6 Å². The molecule has 0 aliphatic carbocycles. The van der Waals surface area contributed by atoms with Crippen LogP contribution in [0, 0.1) is 0 Å². The van der Waals surface area contributed by atoms with Crippen LogP contribution in [0.15, 0.2) is 0 Å². The molecule has 0 aromatic heterocycles. The number of carbonyl (C=O) groups is 1. The number of methoxy groups -OCH3 is 2. The van der Waals surface area contributed by atoms with Crippen LogP contribution in [0.4, 0.5) is 0 Å². The molecule has 0 spiro atoms. The molecule has 98 valence electrons. The number of halogens is 2. The standard InChI is InChI=1S/C12H12Cl2O4/c1-12(2)11(15)5-8(16-3)6(13)10(17-4)7(14)9(5)18-12/h1-4H3. The summed E-state index contributed by atoms with van der Waals surface area (Å²) in [5.74, 6) is 0.494. The molecule has 0 bridgehead atoms. The van der Waals surface area contributed by atoms with Gasteiger partial charge in [0, 0.05) is 0 Å². The summed E-state index contributed by atoms with van der Waals surface area (Å²) in [5.41, 5.74) is -0.729. The number of ketones is 1. The molecule has 0 amide bonds. The number of benzene rings is 1. The first-order valence-corrected chi connectivity index (χ1v) is 5.97. The van der Waals surface area contributed by atoms with Crippen molar-refractivity contribution in [3.63, 3.8) is 0 Å². The maximum atomic E-state index is 12.2. The van der Waals surface area contributed by atoms with Gasteiger partial charge in [-0.15, -0.1) is 0 Å². The summed E-state index contributed by atoms with van der Waals surface area (Å²) in [6, 6.07) is 0. The maximum Gasteiger partial charge on any atom is 0.213 e. The molecule has 1 aliphatic heterocycles. The predicted octanol–water partition coefficient (Wildman–Crippen LogP) is 3.36. The highest BCUT2D eigenvalue weighted by Gasteiger charge is 2.45. The second-order valence-electron chi connectivity index (χ2n) is 4.34. The highest BCUT2D eigenvalue weighted by Crippen LogP contribution is 2.53. The monoisotopic (exact) mass is 290 g/mol. The van der Waals surface area contributed by atoms with Crippen molar-refractivity contribution in [3.8, 4) is 17.2 Å². The molecule has 1 aromatic carbocycles. The molecule has 2 rings (SSSR count). The Labute approximate surface area is 115 Å². The van der Waals surface area contributed by atoms with Gasteiger partial charge in [-0.25, -0.2) is 0 Å². The van der Waals surface area contributed by atoms with E-state index in [1.54, 1.807) is 13.8 Å². The second-order valence-corrected chi connectivity index (χ2v) is 5.10. The highest BCUT2D eigenvalue weighted by atomic mass is 35.5. The van der Waals surface area contributed by atoms with E-state index in [-0.39, 0.29) is 38.6 Å². The molecule has 0 N–H and O–H groups in total. The van der Waals surface area contributed by atoms with E-state index in [2.05, 4.69) is 0 Å². The van der Waals surface area contributed by atoms with Gasteiger partial charge in [-0.1, -0.05) is 23.2 Å². The number of fused-ring (bicyclic) bond motifs is 1. The van der Waals surface area contributed by atoms with Crippen LogP contribution in [0.25, 0.3) is 0 Å². The number of Topliss-reactive ketones (excluding diaryl/α,β-unsaturated/α-hetero) is 1. The number of hydrogen-bond acceptors (Lipinski definition) is 4. The van der Waals surface area contributed by atoms with Crippen LogP contribution in [-0.4, -0.2) is 25.6 Å². The van der Waals surface area contributed by atoms with Gasteiger partial charge in [0.2, 0.25) is 5.78 Å². The van der Waals surface area contributed by atoms with Crippen LogP contribution in [0.2, 0.25) is 10.0 Å². The number of ether oxygens (including phenoxy) is 3. The van der Waals surface area contributed by atoms with Gasteiger partial charge in [0.25, 0.3) is 0 Å². The van der Waals surface area contributed by atoms with Gasteiger partial charge in [-0.3, -0.25) is 4.79 Å². The molecule has 18 heavy (non-hydrogen) atoms. The van der Waals surface area contributed by atoms with Crippen molar-refractivity contribution < 1.29 is 19.0 Å². The molecule has 1 aliphatic rings. The molecule has 4 nitrogen and oxygen atoms in total. The van der Waals surface area contributed by atoms with E-state index in [0.717, 1.165) is 0 Å². The molecule has 6 heteroatoms. The minimum Gasteiger partial charge on any atom is -0.494 e. The van der Waals surface area contributed by atoms with E-state index in [1.165, 1.54) is 14.2 Å². The van der Waals surface area contributed by atoms with E-state index in [4.69, 9.17) is 37.4 Å². The van der Waals surface area contributed by atoms with Gasteiger partial charge in [-0.05, 0) is 13.8 Å². The van der Waals surface area contributed by atoms with Crippen molar-refractivity contribution in [2.45, 2.75) is 19.4 Å². The molecule has 0 unspecified atom stereocenters. The summed E-state index contributed by atoms with van der Waals surface area (Å²) in [7, 11) is 2.86. The van der Waals surface area contributed by atoms with E-state index in [9.17, 15) is 4.79 Å². The van der Waals surface area contributed by atoms with Crippen LogP contribution in [0.5, 0.6) is 17.2 Å². The summed E-state index contributed by atoms with van der Waals surface area (Å²) < 4.78 is 15.9. The first-order chi connectivity index (χ1) is 8.35. The minimum atomic E-state index is -0.991. The Morgan fingerprint density at radius 1 is 1.06 bits per heavy atom. The Morgan fingerprint density at radius 2 is 1.61 bits per heavy atom. The molecule has 0 saturated carbocycles. The Balaban J connectivity index is 2.81. The lowest BCUT2D eigenvalue weighted by Crippen LogP contribution is -2.32. The van der Waals surface area contributed by atoms with Crippen molar-refractivity contribution in [3.05, 3.63) is 15.6 Å². The van der Waals surface area contributed by atoms with Gasteiger partial charge in [-0.2, -0.15) is 0 Å². The smallest absolute Gasteiger partial charge is 0.213 e. The SMILES string of the molecule is COc1c(Cl)c(OC)c2c(c1Cl)OC(C)(C)C2=O. The first-order valence-electron chi connectivity index (χ1n) is 5.22. The van der Waals surface area contributed by atoms with Gasteiger partial charge >= 0.3 is 0 Å². The Hall–Kier alpha value is -1.13. The molecular formula is C12H12Cl2O4. The lowest BCUT2D eigenvalue weighted by atomic mass is 9.99.